The monoisotopic (exact) mass is 144 g/mol. The smallest absolute Gasteiger partial charge is 0.224 e. The molecule has 0 aromatic heterocycles. The first-order valence-electron chi connectivity index (χ1n) is 3.27. The summed E-state index contributed by atoms with van der Waals surface area (Å²) in [6.45, 7) is 2.17. The van der Waals surface area contributed by atoms with Gasteiger partial charge in [-0.15, -0.1) is 0 Å². The van der Waals surface area contributed by atoms with Crippen LogP contribution in [0.2, 0.25) is 0 Å². The van der Waals surface area contributed by atoms with Crippen LogP contribution in [0.1, 0.15) is 13.3 Å². The molecule has 0 saturated carbocycles. The Bertz CT molecular complexity index is 156. The van der Waals surface area contributed by atoms with Crippen LogP contribution in [0.25, 0.3) is 0 Å². The number of nitrogens with one attached hydrogen (secondary N) is 1. The molecule has 4 nitrogen and oxygen atoms in total. The number of nitrogens with zero attached hydrogens (tertiary/aromatic N) is 1. The molecule has 0 aromatic carbocycles. The molecule has 1 heterocycles. The van der Waals surface area contributed by atoms with Crippen LogP contribution in [0.3, 0.4) is 0 Å². The van der Waals surface area contributed by atoms with E-state index in [4.69, 9.17) is 0 Å². The fourth-order valence-electron chi connectivity index (χ4n) is 0.909. The van der Waals surface area contributed by atoms with Gasteiger partial charge in [0.15, 0.2) is 5.85 Å². The molecule has 10 heavy (non-hydrogen) atoms. The van der Waals surface area contributed by atoms with Gasteiger partial charge in [-0.25, -0.2) is 0 Å². The van der Waals surface area contributed by atoms with E-state index in [1.54, 1.807) is 18.9 Å². The van der Waals surface area contributed by atoms with Crippen molar-refractivity contribution in [1.82, 2.24) is 10.2 Å². The third kappa shape index (κ3) is 1.27. The van der Waals surface area contributed by atoms with E-state index in [0.29, 0.717) is 13.0 Å². The lowest BCUT2D eigenvalue weighted by Crippen LogP contribution is -2.61. The third-order valence-electron chi connectivity index (χ3n) is 1.79. The van der Waals surface area contributed by atoms with Crippen molar-refractivity contribution in [2.75, 3.05) is 13.6 Å². The van der Waals surface area contributed by atoms with Gasteiger partial charge in [0.25, 0.3) is 0 Å². The van der Waals surface area contributed by atoms with Gasteiger partial charge >= 0.3 is 0 Å². The predicted octanol–water partition coefficient (Wildman–Crippen LogP) is -0.896. The van der Waals surface area contributed by atoms with E-state index < -0.39 is 5.85 Å². The lowest BCUT2D eigenvalue weighted by molar-refractivity contribution is -0.156. The Morgan fingerprint density at radius 1 is 1.80 bits per heavy atom. The highest BCUT2D eigenvalue weighted by Gasteiger charge is 2.31. The molecule has 0 spiro atoms. The zero-order valence-electron chi connectivity index (χ0n) is 6.22. The molecule has 1 saturated heterocycles. The summed E-state index contributed by atoms with van der Waals surface area (Å²) in [7, 11) is 1.76. The molecule has 1 unspecified atom stereocenters. The van der Waals surface area contributed by atoms with Gasteiger partial charge in [-0.2, -0.15) is 0 Å². The SMILES string of the molecule is CN1CCC(=O)NC1(C)O. The number of carbonyl (C=O) groups is 1. The minimum Gasteiger partial charge on any atom is -0.359 e. The molecule has 1 rings (SSSR count). The third-order valence-corrected chi connectivity index (χ3v) is 1.79. The Hall–Kier alpha value is -0.610. The van der Waals surface area contributed by atoms with Gasteiger partial charge in [-0.3, -0.25) is 9.69 Å². The Kier molecular flexibility index (Phi) is 1.66. The predicted molar refractivity (Wildman–Crippen MR) is 36.0 cm³/mol. The van der Waals surface area contributed by atoms with Crippen molar-refractivity contribution in [2.24, 2.45) is 0 Å². The van der Waals surface area contributed by atoms with Crippen molar-refractivity contribution in [1.29, 1.82) is 0 Å². The maximum Gasteiger partial charge on any atom is 0.224 e. The second kappa shape index (κ2) is 2.21. The Morgan fingerprint density at radius 2 is 2.40 bits per heavy atom. The largest absolute Gasteiger partial charge is 0.359 e. The fourth-order valence-corrected chi connectivity index (χ4v) is 0.909. The first-order valence-corrected chi connectivity index (χ1v) is 3.27. The number of hydrogen-bond donors (Lipinski definition) is 2. The van der Waals surface area contributed by atoms with E-state index >= 15 is 0 Å². The number of carbonyl (C=O) groups excluding carboxylic acids is 1. The van der Waals surface area contributed by atoms with Crippen LogP contribution in [0, 0.1) is 0 Å². The van der Waals surface area contributed by atoms with Crippen LogP contribution in [-0.4, -0.2) is 35.4 Å². The zero-order chi connectivity index (χ0) is 7.78. The number of rotatable bonds is 0. The minimum absolute atomic E-state index is 0.0944. The minimum atomic E-state index is -1.16. The molecule has 0 aromatic rings. The van der Waals surface area contributed by atoms with Gasteiger partial charge in [-0.1, -0.05) is 0 Å². The molecule has 0 aliphatic carbocycles. The Labute approximate surface area is 59.8 Å². The highest BCUT2D eigenvalue weighted by Crippen LogP contribution is 2.10. The summed E-state index contributed by atoms with van der Waals surface area (Å²) < 4.78 is 0. The number of aliphatic hydroxyl groups is 1. The Balaban J connectivity index is 2.63. The second-order valence-electron chi connectivity index (χ2n) is 2.74. The molecule has 2 N–H and O–H groups in total. The Morgan fingerprint density at radius 3 is 2.80 bits per heavy atom. The molecule has 1 aliphatic rings. The molecule has 58 valence electrons. The van der Waals surface area contributed by atoms with E-state index in [9.17, 15) is 9.90 Å². The summed E-state index contributed by atoms with van der Waals surface area (Å²) in [6, 6.07) is 0. The van der Waals surface area contributed by atoms with Crippen molar-refractivity contribution in [3.8, 4) is 0 Å². The first kappa shape index (κ1) is 7.50. The van der Waals surface area contributed by atoms with Crippen LogP contribution in [0.15, 0.2) is 0 Å². The van der Waals surface area contributed by atoms with Gasteiger partial charge < -0.3 is 10.4 Å². The van der Waals surface area contributed by atoms with E-state index in [-0.39, 0.29) is 5.91 Å². The highest BCUT2D eigenvalue weighted by atomic mass is 16.3. The average molecular weight is 144 g/mol. The second-order valence-corrected chi connectivity index (χ2v) is 2.74. The van der Waals surface area contributed by atoms with Gasteiger partial charge in [0.2, 0.25) is 5.91 Å². The quantitative estimate of drug-likeness (QED) is 0.463. The maximum atomic E-state index is 10.7. The molecule has 1 aliphatic heterocycles. The molecular weight excluding hydrogens is 132 g/mol. The zero-order valence-corrected chi connectivity index (χ0v) is 6.22. The summed E-state index contributed by atoms with van der Waals surface area (Å²) in [4.78, 5) is 12.4. The van der Waals surface area contributed by atoms with Crippen molar-refractivity contribution in [3.63, 3.8) is 0 Å². The first-order chi connectivity index (χ1) is 4.52. The van der Waals surface area contributed by atoms with Crippen LogP contribution in [-0.2, 0) is 4.79 Å². The van der Waals surface area contributed by atoms with Crippen molar-refractivity contribution in [2.45, 2.75) is 19.2 Å². The molecule has 1 fully saturated rings. The summed E-state index contributed by atoms with van der Waals surface area (Å²) >= 11 is 0. The maximum absolute atomic E-state index is 10.7. The molecule has 4 heteroatoms. The van der Waals surface area contributed by atoms with E-state index in [0.717, 1.165) is 0 Å². The fraction of sp³-hybridized carbons (Fsp3) is 0.833. The topological polar surface area (TPSA) is 52.6 Å². The summed E-state index contributed by atoms with van der Waals surface area (Å²) in [5.41, 5.74) is 0. The number of hydrogen-bond acceptors (Lipinski definition) is 3. The standard InChI is InChI=1S/C6H12N2O2/c1-6(10)7-5(9)3-4-8(6)2/h10H,3-4H2,1-2H3,(H,7,9). The highest BCUT2D eigenvalue weighted by molar-refractivity contribution is 5.77. The van der Waals surface area contributed by atoms with Gasteiger partial charge in [0.1, 0.15) is 0 Å². The van der Waals surface area contributed by atoms with Gasteiger partial charge in [0, 0.05) is 13.0 Å². The molecule has 1 atom stereocenters. The van der Waals surface area contributed by atoms with Crippen LogP contribution in [0.5, 0.6) is 0 Å². The van der Waals surface area contributed by atoms with Crippen LogP contribution >= 0.6 is 0 Å². The molecular formula is C6H12N2O2. The lowest BCUT2D eigenvalue weighted by atomic mass is 10.2. The van der Waals surface area contributed by atoms with Crippen molar-refractivity contribution in [3.05, 3.63) is 0 Å². The van der Waals surface area contributed by atoms with Crippen molar-refractivity contribution >= 4 is 5.91 Å². The molecule has 0 bridgehead atoms. The van der Waals surface area contributed by atoms with Crippen molar-refractivity contribution < 1.29 is 9.90 Å². The van der Waals surface area contributed by atoms with Crippen LogP contribution < -0.4 is 5.32 Å². The average Bonchev–Trinajstić information content (AvgIpc) is 1.78. The summed E-state index contributed by atoms with van der Waals surface area (Å²) in [6.07, 6.45) is 0.465. The van der Waals surface area contributed by atoms with Crippen LogP contribution in [0.4, 0.5) is 0 Å². The van der Waals surface area contributed by atoms with E-state index in [2.05, 4.69) is 5.32 Å². The number of amides is 1. The van der Waals surface area contributed by atoms with E-state index in [1.165, 1.54) is 0 Å². The normalized spacial score (nSPS) is 35.7. The lowest BCUT2D eigenvalue weighted by Gasteiger charge is -2.38. The summed E-state index contributed by atoms with van der Waals surface area (Å²) in [5.74, 6) is -1.25. The molecule has 0 radical (unpaired) electrons. The van der Waals surface area contributed by atoms with Gasteiger partial charge in [-0.05, 0) is 14.0 Å². The molecule has 1 amide bonds. The van der Waals surface area contributed by atoms with E-state index in [1.807, 2.05) is 0 Å². The summed E-state index contributed by atoms with van der Waals surface area (Å²) in [5, 5.41) is 11.9. The van der Waals surface area contributed by atoms with Gasteiger partial charge in [0.05, 0.1) is 0 Å².